The molecule has 4 heteroatoms. The van der Waals surface area contributed by atoms with Crippen LogP contribution in [0.2, 0.25) is 0 Å². The number of rotatable bonds is 9. The fourth-order valence-corrected chi connectivity index (χ4v) is 5.40. The SMILES string of the molecule is CCCCCCCC(CCC)N1Cc2ccccc2C2N=NN(C)C2c2ccccc21. The first kappa shape index (κ1) is 21.9. The van der Waals surface area contributed by atoms with Crippen LogP contribution in [0, 0.1) is 0 Å². The van der Waals surface area contributed by atoms with Crippen molar-refractivity contribution in [3.8, 4) is 0 Å². The fraction of sp³-hybridized carbons (Fsp3) is 0.556. The number of fused-ring (bicyclic) bond motifs is 5. The minimum Gasteiger partial charge on any atom is -0.364 e. The van der Waals surface area contributed by atoms with E-state index in [9.17, 15) is 0 Å². The largest absolute Gasteiger partial charge is 0.364 e. The Morgan fingerprint density at radius 1 is 0.871 bits per heavy atom. The molecular formula is C27H38N4. The van der Waals surface area contributed by atoms with Gasteiger partial charge in [-0.15, -0.1) is 0 Å². The Labute approximate surface area is 188 Å². The standard InChI is InChI=1S/C27H38N4/c1-4-6-7-8-9-16-22(14-5-2)31-20-21-15-10-11-17-23(21)26-27(30(3)29-28-26)24-18-12-13-19-25(24)31/h10-13,15,17-19,22,26-27H,4-9,14,16,20H2,1-3H3. The van der Waals surface area contributed by atoms with E-state index in [-0.39, 0.29) is 12.1 Å². The van der Waals surface area contributed by atoms with Crippen molar-refractivity contribution in [1.29, 1.82) is 0 Å². The Balaban J connectivity index is 1.70. The maximum Gasteiger partial charge on any atom is 0.124 e. The van der Waals surface area contributed by atoms with Crippen LogP contribution in [0.4, 0.5) is 5.69 Å². The third-order valence-electron chi connectivity index (χ3n) is 7.00. The van der Waals surface area contributed by atoms with Gasteiger partial charge in [-0.1, -0.05) is 100 Å². The highest BCUT2D eigenvalue weighted by Gasteiger charge is 2.39. The van der Waals surface area contributed by atoms with Gasteiger partial charge in [-0.25, -0.2) is 0 Å². The van der Waals surface area contributed by atoms with E-state index < -0.39 is 0 Å². The highest BCUT2D eigenvalue weighted by Crippen LogP contribution is 2.48. The molecule has 2 aromatic rings. The first-order valence-electron chi connectivity index (χ1n) is 12.3. The molecule has 0 N–H and O–H groups in total. The van der Waals surface area contributed by atoms with E-state index in [1.807, 2.05) is 0 Å². The van der Waals surface area contributed by atoms with Crippen molar-refractivity contribution in [2.24, 2.45) is 10.3 Å². The van der Waals surface area contributed by atoms with Crippen molar-refractivity contribution >= 4 is 5.69 Å². The predicted octanol–water partition coefficient (Wildman–Crippen LogP) is 7.63. The van der Waals surface area contributed by atoms with Gasteiger partial charge in [-0.2, -0.15) is 5.11 Å². The van der Waals surface area contributed by atoms with Crippen molar-refractivity contribution in [2.45, 2.75) is 89.9 Å². The van der Waals surface area contributed by atoms with Gasteiger partial charge in [0.2, 0.25) is 0 Å². The molecule has 2 aliphatic heterocycles. The first-order valence-corrected chi connectivity index (χ1v) is 12.3. The van der Waals surface area contributed by atoms with Crippen molar-refractivity contribution < 1.29 is 0 Å². The summed E-state index contributed by atoms with van der Waals surface area (Å²) in [5, 5.41) is 11.2. The Morgan fingerprint density at radius 2 is 1.61 bits per heavy atom. The van der Waals surface area contributed by atoms with Crippen LogP contribution in [0.5, 0.6) is 0 Å². The van der Waals surface area contributed by atoms with Gasteiger partial charge in [0, 0.05) is 30.9 Å². The van der Waals surface area contributed by atoms with Gasteiger partial charge in [0.05, 0.1) is 0 Å². The lowest BCUT2D eigenvalue weighted by molar-refractivity contribution is 0.272. The van der Waals surface area contributed by atoms with Gasteiger partial charge in [0.15, 0.2) is 0 Å². The van der Waals surface area contributed by atoms with Gasteiger partial charge in [0.1, 0.15) is 12.1 Å². The number of benzene rings is 2. The lowest BCUT2D eigenvalue weighted by atomic mass is 9.86. The average molecular weight is 419 g/mol. The van der Waals surface area contributed by atoms with Gasteiger partial charge < -0.3 is 4.90 Å². The molecule has 2 aliphatic rings. The van der Waals surface area contributed by atoms with E-state index in [4.69, 9.17) is 5.11 Å². The normalized spacial score (nSPS) is 20.6. The average Bonchev–Trinajstić information content (AvgIpc) is 3.16. The van der Waals surface area contributed by atoms with Crippen LogP contribution in [0.15, 0.2) is 58.9 Å². The Hall–Kier alpha value is -2.36. The van der Waals surface area contributed by atoms with Crippen LogP contribution >= 0.6 is 0 Å². The molecule has 4 nitrogen and oxygen atoms in total. The second-order valence-electron chi connectivity index (χ2n) is 9.20. The lowest BCUT2D eigenvalue weighted by Crippen LogP contribution is -2.38. The van der Waals surface area contributed by atoms with Crippen molar-refractivity contribution in [3.63, 3.8) is 0 Å². The van der Waals surface area contributed by atoms with Gasteiger partial charge in [0.25, 0.3) is 0 Å². The number of hydrogen-bond donors (Lipinski definition) is 0. The summed E-state index contributed by atoms with van der Waals surface area (Å²) in [6.45, 7) is 5.57. The molecule has 0 aliphatic carbocycles. The van der Waals surface area contributed by atoms with Crippen LogP contribution in [-0.4, -0.2) is 18.1 Å². The smallest absolute Gasteiger partial charge is 0.124 e. The summed E-state index contributed by atoms with van der Waals surface area (Å²) >= 11 is 0. The summed E-state index contributed by atoms with van der Waals surface area (Å²) < 4.78 is 0. The molecule has 0 bridgehead atoms. The molecule has 2 heterocycles. The highest BCUT2D eigenvalue weighted by molar-refractivity contribution is 5.59. The second kappa shape index (κ2) is 10.3. The van der Waals surface area contributed by atoms with Gasteiger partial charge in [-0.3, -0.25) is 5.01 Å². The molecule has 0 fully saturated rings. The summed E-state index contributed by atoms with van der Waals surface area (Å²) in [5.41, 5.74) is 5.46. The lowest BCUT2D eigenvalue weighted by Gasteiger charge is -2.40. The Morgan fingerprint density at radius 3 is 2.42 bits per heavy atom. The summed E-state index contributed by atoms with van der Waals surface area (Å²) in [6.07, 6.45) is 10.4. The Kier molecular flexibility index (Phi) is 7.26. The first-order chi connectivity index (χ1) is 15.2. The number of para-hydroxylation sites is 1. The second-order valence-corrected chi connectivity index (χ2v) is 9.20. The maximum atomic E-state index is 4.70. The summed E-state index contributed by atoms with van der Waals surface area (Å²) in [4.78, 5) is 2.71. The zero-order chi connectivity index (χ0) is 21.6. The van der Waals surface area contributed by atoms with Gasteiger partial charge >= 0.3 is 0 Å². The molecule has 2 aromatic carbocycles. The molecule has 0 radical (unpaired) electrons. The minimum atomic E-state index is 0.0724. The number of nitrogens with zero attached hydrogens (tertiary/aromatic N) is 4. The topological polar surface area (TPSA) is 31.2 Å². The van der Waals surface area contributed by atoms with E-state index in [1.54, 1.807) is 0 Å². The highest BCUT2D eigenvalue weighted by atomic mass is 15.6. The summed E-state index contributed by atoms with van der Waals surface area (Å²) in [6, 6.07) is 18.7. The monoisotopic (exact) mass is 418 g/mol. The number of unbranched alkanes of at least 4 members (excludes halogenated alkanes) is 4. The zero-order valence-electron chi connectivity index (χ0n) is 19.5. The molecule has 3 unspecified atom stereocenters. The number of anilines is 1. The van der Waals surface area contributed by atoms with Crippen LogP contribution < -0.4 is 4.90 Å². The number of hydrogen-bond acceptors (Lipinski definition) is 4. The van der Waals surface area contributed by atoms with E-state index in [2.05, 4.69) is 84.6 Å². The van der Waals surface area contributed by atoms with Crippen molar-refractivity contribution in [3.05, 3.63) is 65.2 Å². The molecule has 0 saturated carbocycles. The third-order valence-corrected chi connectivity index (χ3v) is 7.00. The molecule has 0 amide bonds. The van der Waals surface area contributed by atoms with Crippen LogP contribution in [-0.2, 0) is 6.54 Å². The van der Waals surface area contributed by atoms with E-state index in [0.717, 1.165) is 6.54 Å². The third kappa shape index (κ3) is 4.63. The maximum absolute atomic E-state index is 4.70. The van der Waals surface area contributed by atoms with Crippen LogP contribution in [0.25, 0.3) is 0 Å². The Bertz CT molecular complexity index is 877. The molecule has 31 heavy (non-hydrogen) atoms. The number of likely N-dealkylation sites (N-methyl/N-ethyl adjacent to an activating group) is 1. The van der Waals surface area contributed by atoms with Crippen molar-refractivity contribution in [2.75, 3.05) is 11.9 Å². The molecule has 0 spiro atoms. The fourth-order valence-electron chi connectivity index (χ4n) is 5.40. The zero-order valence-corrected chi connectivity index (χ0v) is 19.5. The predicted molar refractivity (Wildman–Crippen MR) is 129 cm³/mol. The molecular weight excluding hydrogens is 380 g/mol. The molecule has 3 atom stereocenters. The molecule has 166 valence electrons. The quantitative estimate of drug-likeness (QED) is 0.392. The molecule has 0 aromatic heterocycles. The van der Waals surface area contributed by atoms with Crippen molar-refractivity contribution in [1.82, 2.24) is 5.01 Å². The summed E-state index contributed by atoms with van der Waals surface area (Å²) in [5.74, 6) is 0. The van der Waals surface area contributed by atoms with Crippen LogP contribution in [0.3, 0.4) is 0 Å². The van der Waals surface area contributed by atoms with E-state index >= 15 is 0 Å². The van der Waals surface area contributed by atoms with E-state index in [0.29, 0.717) is 6.04 Å². The minimum absolute atomic E-state index is 0.0724. The van der Waals surface area contributed by atoms with Gasteiger partial charge in [-0.05, 0) is 30.0 Å². The summed E-state index contributed by atoms with van der Waals surface area (Å²) in [7, 11) is 2.07. The molecule has 4 rings (SSSR count). The van der Waals surface area contributed by atoms with E-state index in [1.165, 1.54) is 73.7 Å². The van der Waals surface area contributed by atoms with Crippen LogP contribution in [0.1, 0.15) is 94.0 Å². The molecule has 0 saturated heterocycles.